The largest absolute Gasteiger partial charge is 0.489 e. The summed E-state index contributed by atoms with van der Waals surface area (Å²) in [7, 11) is 0. The molecule has 0 saturated carbocycles. The number of carbonyl (C=O) groups excluding carboxylic acids is 1. The van der Waals surface area contributed by atoms with Gasteiger partial charge in [-0.05, 0) is 84.5 Å². The predicted molar refractivity (Wildman–Crippen MR) is 181 cm³/mol. The van der Waals surface area contributed by atoms with Crippen molar-refractivity contribution in [1.82, 2.24) is 5.32 Å². The molecule has 0 aromatic heterocycles. The number of ether oxygens (including phenoxy) is 2. The van der Waals surface area contributed by atoms with Gasteiger partial charge in [0.05, 0.1) is 6.04 Å². The normalized spacial score (nSPS) is 11.6. The van der Waals surface area contributed by atoms with Crippen LogP contribution >= 0.6 is 0 Å². The summed E-state index contributed by atoms with van der Waals surface area (Å²) in [6.07, 6.45) is 2.14. The molecule has 5 aromatic carbocycles. The van der Waals surface area contributed by atoms with Gasteiger partial charge < -0.3 is 19.9 Å². The third kappa shape index (κ3) is 9.65. The molecule has 0 aliphatic rings. The zero-order valence-corrected chi connectivity index (χ0v) is 25.8. The maximum absolute atomic E-state index is 14.1. The van der Waals surface area contributed by atoms with Crippen LogP contribution < -0.4 is 14.8 Å². The minimum absolute atomic E-state index is 0.0281. The van der Waals surface area contributed by atoms with Crippen LogP contribution in [-0.2, 0) is 17.8 Å². The summed E-state index contributed by atoms with van der Waals surface area (Å²) in [4.78, 5) is 25.0. The lowest BCUT2D eigenvalue weighted by Gasteiger charge is -2.25. The number of aliphatic carboxylic acids is 1. The Morgan fingerprint density at radius 1 is 0.652 bits per heavy atom. The molecule has 6 heteroatoms. The molecule has 0 saturated heterocycles. The summed E-state index contributed by atoms with van der Waals surface area (Å²) in [6, 6.07) is 45.1. The van der Waals surface area contributed by atoms with Gasteiger partial charge in [-0.3, -0.25) is 4.79 Å². The van der Waals surface area contributed by atoms with Crippen molar-refractivity contribution >= 4 is 11.8 Å². The maximum Gasteiger partial charge on any atom is 0.341 e. The maximum atomic E-state index is 14.1. The summed E-state index contributed by atoms with van der Waals surface area (Å²) in [5.74, 6) is 0.302. The van der Waals surface area contributed by atoms with Crippen molar-refractivity contribution in [2.24, 2.45) is 0 Å². The van der Waals surface area contributed by atoms with Crippen LogP contribution in [0.3, 0.4) is 0 Å². The summed E-state index contributed by atoms with van der Waals surface area (Å²) in [5.41, 5.74) is 5.09. The highest BCUT2D eigenvalue weighted by Crippen LogP contribution is 2.30. The van der Waals surface area contributed by atoms with Crippen molar-refractivity contribution in [3.05, 3.63) is 167 Å². The first-order valence-corrected chi connectivity index (χ1v) is 15.6. The number of carbonyl (C=O) groups is 2. The molecule has 0 fully saturated rings. The number of carboxylic acids is 1. The monoisotopic (exact) mass is 613 g/mol. The lowest BCUT2D eigenvalue weighted by Crippen LogP contribution is -2.39. The van der Waals surface area contributed by atoms with Gasteiger partial charge in [0.1, 0.15) is 18.1 Å². The van der Waals surface area contributed by atoms with Crippen LogP contribution in [-0.4, -0.2) is 36.1 Å². The molecule has 1 atom stereocenters. The number of benzene rings is 5. The standard InChI is InChI=1S/C40H39NO5/c42-39(43)29-46-36-20-10-14-30(26-36)15-11-25-41-38(27-37(32-16-6-2-7-17-32)33-18-8-3-9-19-33)40(44)34-21-23-35(24-22-34)45-28-31-12-4-1-5-13-31/h1-10,12-14,16-24,26,37-38,41H,11,15,25,27-29H2,(H,42,43). The first-order valence-electron chi connectivity index (χ1n) is 15.6. The zero-order chi connectivity index (χ0) is 32.0. The Bertz CT molecular complexity index is 1620. The van der Waals surface area contributed by atoms with E-state index in [-0.39, 0.29) is 18.3 Å². The molecule has 2 N–H and O–H groups in total. The molecule has 0 bridgehead atoms. The second-order valence-corrected chi connectivity index (χ2v) is 11.2. The highest BCUT2D eigenvalue weighted by Gasteiger charge is 2.26. The third-order valence-corrected chi connectivity index (χ3v) is 7.87. The van der Waals surface area contributed by atoms with Crippen molar-refractivity contribution < 1.29 is 24.2 Å². The van der Waals surface area contributed by atoms with Crippen LogP contribution in [0.2, 0.25) is 0 Å². The van der Waals surface area contributed by atoms with Crippen molar-refractivity contribution in [2.45, 2.75) is 37.8 Å². The molecule has 0 radical (unpaired) electrons. The van der Waals surface area contributed by atoms with E-state index >= 15 is 0 Å². The first-order chi connectivity index (χ1) is 22.5. The van der Waals surface area contributed by atoms with E-state index in [1.165, 1.54) is 0 Å². The topological polar surface area (TPSA) is 84.9 Å². The van der Waals surface area contributed by atoms with E-state index in [0.717, 1.165) is 35.1 Å². The number of ketones is 1. The van der Waals surface area contributed by atoms with Gasteiger partial charge in [-0.25, -0.2) is 4.79 Å². The molecule has 1 unspecified atom stereocenters. The van der Waals surface area contributed by atoms with E-state index in [9.17, 15) is 9.59 Å². The molecule has 6 nitrogen and oxygen atoms in total. The number of hydrogen-bond acceptors (Lipinski definition) is 5. The van der Waals surface area contributed by atoms with Crippen molar-refractivity contribution in [2.75, 3.05) is 13.2 Å². The Morgan fingerprint density at radius 2 is 1.26 bits per heavy atom. The van der Waals surface area contributed by atoms with Crippen molar-refractivity contribution in [1.29, 1.82) is 0 Å². The van der Waals surface area contributed by atoms with Gasteiger partial charge >= 0.3 is 5.97 Å². The van der Waals surface area contributed by atoms with E-state index < -0.39 is 12.0 Å². The minimum atomic E-state index is -1.01. The van der Waals surface area contributed by atoms with E-state index in [0.29, 0.717) is 36.6 Å². The van der Waals surface area contributed by atoms with Gasteiger partial charge in [-0.15, -0.1) is 0 Å². The average Bonchev–Trinajstić information content (AvgIpc) is 3.11. The fourth-order valence-electron chi connectivity index (χ4n) is 5.52. The number of aryl methyl sites for hydroxylation is 1. The van der Waals surface area contributed by atoms with Crippen LogP contribution in [0, 0.1) is 0 Å². The molecule has 0 aliphatic heterocycles. The SMILES string of the molecule is O=C(O)COc1cccc(CCCNC(CC(c2ccccc2)c2ccccc2)C(=O)c2ccc(OCc3ccccc3)cc2)c1. The zero-order valence-electron chi connectivity index (χ0n) is 25.8. The molecule has 0 spiro atoms. The number of hydrogen-bond donors (Lipinski definition) is 2. The van der Waals surface area contributed by atoms with Crippen LogP contribution in [0.15, 0.2) is 140 Å². The molecule has 0 amide bonds. The summed E-state index contributed by atoms with van der Waals surface area (Å²) in [5, 5.41) is 12.5. The smallest absolute Gasteiger partial charge is 0.341 e. The molecule has 5 aromatic rings. The Hall–Kier alpha value is -5.20. The fourth-order valence-corrected chi connectivity index (χ4v) is 5.52. The molecule has 46 heavy (non-hydrogen) atoms. The van der Waals surface area contributed by atoms with Gasteiger partial charge in [0.15, 0.2) is 12.4 Å². The van der Waals surface area contributed by atoms with Crippen LogP contribution in [0.1, 0.15) is 51.4 Å². The third-order valence-electron chi connectivity index (χ3n) is 7.87. The highest BCUT2D eigenvalue weighted by atomic mass is 16.5. The first kappa shape index (κ1) is 32.2. The molecular formula is C40H39NO5. The van der Waals surface area contributed by atoms with E-state index in [1.807, 2.05) is 109 Å². The Kier molecular flexibility index (Phi) is 11.7. The van der Waals surface area contributed by atoms with Crippen LogP contribution in [0.25, 0.3) is 0 Å². The number of Topliss-reactive ketones (excluding diaryl/α,β-unsaturated/α-hetero) is 1. The highest BCUT2D eigenvalue weighted by molar-refractivity contribution is 6.00. The quantitative estimate of drug-likeness (QED) is 0.0825. The number of nitrogens with one attached hydrogen (secondary N) is 1. The van der Waals surface area contributed by atoms with Crippen LogP contribution in [0.4, 0.5) is 0 Å². The Balaban J connectivity index is 1.30. The van der Waals surface area contributed by atoms with Crippen molar-refractivity contribution in [3.63, 3.8) is 0 Å². The lowest BCUT2D eigenvalue weighted by molar-refractivity contribution is -0.139. The Morgan fingerprint density at radius 3 is 1.89 bits per heavy atom. The van der Waals surface area contributed by atoms with Crippen molar-refractivity contribution in [3.8, 4) is 11.5 Å². The van der Waals surface area contributed by atoms with E-state index in [2.05, 4.69) is 29.6 Å². The number of carboxylic acid groups (broad SMARTS) is 1. The predicted octanol–water partition coefficient (Wildman–Crippen LogP) is 7.72. The molecule has 5 rings (SSSR count). The average molecular weight is 614 g/mol. The molecule has 0 heterocycles. The summed E-state index contributed by atoms with van der Waals surface area (Å²) >= 11 is 0. The molecule has 234 valence electrons. The molecule has 0 aliphatic carbocycles. The van der Waals surface area contributed by atoms with Gasteiger partial charge in [0, 0.05) is 11.5 Å². The second-order valence-electron chi connectivity index (χ2n) is 11.2. The minimum Gasteiger partial charge on any atom is -0.489 e. The molecular weight excluding hydrogens is 574 g/mol. The van der Waals surface area contributed by atoms with Crippen LogP contribution in [0.5, 0.6) is 11.5 Å². The van der Waals surface area contributed by atoms with E-state index in [1.54, 1.807) is 6.07 Å². The number of rotatable bonds is 17. The fraction of sp³-hybridized carbons (Fsp3) is 0.200. The van der Waals surface area contributed by atoms with Gasteiger partial charge in [0.25, 0.3) is 0 Å². The van der Waals surface area contributed by atoms with Gasteiger partial charge in [0.2, 0.25) is 0 Å². The van der Waals surface area contributed by atoms with Gasteiger partial charge in [-0.1, -0.05) is 103 Å². The Labute approximate surface area is 270 Å². The second kappa shape index (κ2) is 16.8. The van der Waals surface area contributed by atoms with E-state index in [4.69, 9.17) is 14.6 Å². The van der Waals surface area contributed by atoms with Gasteiger partial charge in [-0.2, -0.15) is 0 Å². The summed E-state index contributed by atoms with van der Waals surface area (Å²) in [6.45, 7) is 0.715. The lowest BCUT2D eigenvalue weighted by atomic mass is 9.84. The summed E-state index contributed by atoms with van der Waals surface area (Å²) < 4.78 is 11.3.